The molecule has 0 fully saturated rings. The summed E-state index contributed by atoms with van der Waals surface area (Å²) < 4.78 is 9.91. The van der Waals surface area contributed by atoms with E-state index in [4.69, 9.17) is 9.47 Å². The van der Waals surface area contributed by atoms with Gasteiger partial charge in [-0.1, -0.05) is 30.3 Å². The number of pyridine rings is 1. The number of methoxy groups -OCH3 is 1. The molecule has 19 heavy (non-hydrogen) atoms. The Labute approximate surface area is 109 Å². The minimum atomic E-state index is -0.580. The molecule has 5 heteroatoms. The van der Waals surface area contributed by atoms with Gasteiger partial charge in [0, 0.05) is 12.3 Å². The Morgan fingerprint density at radius 2 is 2.00 bits per heavy atom. The smallest absolute Gasteiger partial charge is 0.355 e. The number of esters is 1. The van der Waals surface area contributed by atoms with E-state index in [1.165, 1.54) is 13.3 Å². The summed E-state index contributed by atoms with van der Waals surface area (Å²) >= 11 is 0. The summed E-state index contributed by atoms with van der Waals surface area (Å²) in [5.74, 6) is -0.428. The fraction of sp³-hybridized carbons (Fsp3) is 0.143. The summed E-state index contributed by atoms with van der Waals surface area (Å²) in [5.41, 5.74) is 0.612. The van der Waals surface area contributed by atoms with E-state index in [0.29, 0.717) is 0 Å². The zero-order chi connectivity index (χ0) is 13.7. The highest BCUT2D eigenvalue weighted by Crippen LogP contribution is 2.05. The molecule has 0 unspecified atom stereocenters. The average Bonchev–Trinajstić information content (AvgIpc) is 2.45. The van der Waals surface area contributed by atoms with Crippen molar-refractivity contribution in [2.45, 2.75) is 6.61 Å². The van der Waals surface area contributed by atoms with E-state index < -0.39 is 5.97 Å². The van der Waals surface area contributed by atoms with Crippen molar-refractivity contribution in [1.82, 2.24) is 4.98 Å². The molecule has 1 heterocycles. The van der Waals surface area contributed by atoms with Crippen LogP contribution in [0.5, 0.6) is 5.75 Å². The molecule has 1 N–H and O–H groups in total. The monoisotopic (exact) mass is 259 g/mol. The number of hydrogen-bond donors (Lipinski definition) is 1. The highest BCUT2D eigenvalue weighted by molar-refractivity contribution is 5.87. The fourth-order valence-corrected chi connectivity index (χ4v) is 1.54. The summed E-state index contributed by atoms with van der Waals surface area (Å²) in [6.07, 6.45) is 1.33. The summed E-state index contributed by atoms with van der Waals surface area (Å²) in [4.78, 5) is 25.9. The molecule has 0 atom stereocenters. The highest BCUT2D eigenvalue weighted by atomic mass is 16.5. The Kier molecular flexibility index (Phi) is 3.97. The molecule has 0 aliphatic carbocycles. The van der Waals surface area contributed by atoms with Gasteiger partial charge in [0.25, 0.3) is 0 Å². The van der Waals surface area contributed by atoms with Crippen LogP contribution in [0, 0.1) is 0 Å². The van der Waals surface area contributed by atoms with Gasteiger partial charge >= 0.3 is 5.97 Å². The molecule has 0 radical (unpaired) electrons. The average molecular weight is 259 g/mol. The van der Waals surface area contributed by atoms with Crippen LogP contribution in [0.15, 0.2) is 47.4 Å². The van der Waals surface area contributed by atoms with Crippen LogP contribution in [0.3, 0.4) is 0 Å². The van der Waals surface area contributed by atoms with Crippen LogP contribution in [-0.4, -0.2) is 18.1 Å². The highest BCUT2D eigenvalue weighted by Gasteiger charge is 2.10. The van der Waals surface area contributed by atoms with Crippen LogP contribution in [-0.2, 0) is 11.3 Å². The topological polar surface area (TPSA) is 68.4 Å². The third kappa shape index (κ3) is 3.22. The molecule has 1 aromatic heterocycles. The van der Waals surface area contributed by atoms with E-state index >= 15 is 0 Å². The zero-order valence-corrected chi connectivity index (χ0v) is 10.4. The molecule has 0 amide bonds. The normalized spacial score (nSPS) is 9.95. The number of aromatic nitrogens is 1. The number of aromatic amines is 1. The summed E-state index contributed by atoms with van der Waals surface area (Å²) in [6.45, 7) is 0.160. The van der Waals surface area contributed by atoms with Crippen molar-refractivity contribution >= 4 is 5.97 Å². The maximum absolute atomic E-state index is 11.7. The Morgan fingerprint density at radius 1 is 1.26 bits per heavy atom. The fourth-order valence-electron chi connectivity index (χ4n) is 1.54. The second-order valence-electron chi connectivity index (χ2n) is 3.84. The van der Waals surface area contributed by atoms with Gasteiger partial charge < -0.3 is 14.5 Å². The molecule has 1 aromatic carbocycles. The van der Waals surface area contributed by atoms with Gasteiger partial charge in [0.15, 0.2) is 5.75 Å². The van der Waals surface area contributed by atoms with Gasteiger partial charge in [0.1, 0.15) is 12.3 Å². The number of nitrogens with one attached hydrogen (secondary N) is 1. The van der Waals surface area contributed by atoms with Crippen molar-refractivity contribution in [3.63, 3.8) is 0 Å². The minimum absolute atomic E-state index is 0.0988. The third-order valence-electron chi connectivity index (χ3n) is 2.53. The first kappa shape index (κ1) is 12.9. The predicted octanol–water partition coefficient (Wildman–Crippen LogP) is 1.74. The van der Waals surface area contributed by atoms with Crippen LogP contribution in [0.25, 0.3) is 0 Å². The molecule has 0 aliphatic rings. The molecule has 2 aromatic rings. The molecular weight excluding hydrogens is 246 g/mol. The predicted molar refractivity (Wildman–Crippen MR) is 69.2 cm³/mol. The lowest BCUT2D eigenvalue weighted by Crippen LogP contribution is -2.13. The van der Waals surface area contributed by atoms with Gasteiger partial charge in [-0.15, -0.1) is 0 Å². The van der Waals surface area contributed by atoms with Gasteiger partial charge in [-0.05, 0) is 5.56 Å². The maximum atomic E-state index is 11.7. The van der Waals surface area contributed by atoms with E-state index in [2.05, 4.69) is 4.98 Å². The molecule has 0 bridgehead atoms. The standard InChI is InChI=1S/C14H13NO4/c1-18-13-8-15-11(7-12(13)16)14(17)19-9-10-5-3-2-4-6-10/h2-8H,9H2,1H3,(H,15,16). The number of benzene rings is 1. The van der Waals surface area contributed by atoms with Gasteiger partial charge in [-0.25, -0.2) is 4.79 Å². The lowest BCUT2D eigenvalue weighted by molar-refractivity contribution is 0.0465. The maximum Gasteiger partial charge on any atom is 0.355 e. The van der Waals surface area contributed by atoms with E-state index in [9.17, 15) is 9.59 Å². The quantitative estimate of drug-likeness (QED) is 0.849. The summed E-state index contributed by atoms with van der Waals surface area (Å²) in [5, 5.41) is 0. The van der Waals surface area contributed by atoms with Gasteiger partial charge in [-0.3, -0.25) is 4.79 Å². The largest absolute Gasteiger partial charge is 0.491 e. The first-order valence-electron chi connectivity index (χ1n) is 5.68. The number of carbonyl (C=O) groups is 1. The van der Waals surface area contributed by atoms with E-state index in [1.807, 2.05) is 30.3 Å². The third-order valence-corrected chi connectivity index (χ3v) is 2.53. The van der Waals surface area contributed by atoms with Crippen molar-refractivity contribution < 1.29 is 14.3 Å². The first-order valence-corrected chi connectivity index (χ1v) is 5.68. The van der Waals surface area contributed by atoms with E-state index in [1.54, 1.807) is 0 Å². The Balaban J connectivity index is 2.04. The molecule has 98 valence electrons. The Bertz CT molecular complexity index is 619. The van der Waals surface area contributed by atoms with Crippen LogP contribution in [0.2, 0.25) is 0 Å². The van der Waals surface area contributed by atoms with E-state index in [-0.39, 0.29) is 23.5 Å². The first-order chi connectivity index (χ1) is 9.20. The summed E-state index contributed by atoms with van der Waals surface area (Å²) in [6, 6.07) is 10.5. The van der Waals surface area contributed by atoms with Crippen LogP contribution < -0.4 is 10.2 Å². The molecule has 0 aliphatic heterocycles. The molecular formula is C14H13NO4. The second kappa shape index (κ2) is 5.86. The minimum Gasteiger partial charge on any atom is -0.491 e. The van der Waals surface area contributed by atoms with Crippen LogP contribution >= 0.6 is 0 Å². The van der Waals surface area contributed by atoms with Crippen molar-refractivity contribution in [2.75, 3.05) is 7.11 Å². The number of carbonyl (C=O) groups excluding carboxylic acids is 1. The number of H-pyrrole nitrogens is 1. The van der Waals surface area contributed by atoms with Crippen molar-refractivity contribution in [2.24, 2.45) is 0 Å². The second-order valence-corrected chi connectivity index (χ2v) is 3.84. The Morgan fingerprint density at radius 3 is 2.63 bits per heavy atom. The van der Waals surface area contributed by atoms with Crippen molar-refractivity contribution in [1.29, 1.82) is 0 Å². The molecule has 0 saturated heterocycles. The van der Waals surface area contributed by atoms with E-state index in [0.717, 1.165) is 11.6 Å². The zero-order valence-electron chi connectivity index (χ0n) is 10.4. The number of hydrogen-bond acceptors (Lipinski definition) is 4. The van der Waals surface area contributed by atoms with Crippen molar-refractivity contribution in [3.05, 3.63) is 64.1 Å². The van der Waals surface area contributed by atoms with Gasteiger partial charge in [-0.2, -0.15) is 0 Å². The number of ether oxygens (including phenoxy) is 2. The molecule has 0 saturated carbocycles. The molecule has 5 nitrogen and oxygen atoms in total. The molecule has 0 spiro atoms. The van der Waals surface area contributed by atoms with Crippen LogP contribution in [0.1, 0.15) is 16.1 Å². The SMILES string of the molecule is COc1c[nH]c(C(=O)OCc2ccccc2)cc1=O. The van der Waals surface area contributed by atoms with Gasteiger partial charge in [0.05, 0.1) is 7.11 Å². The Hall–Kier alpha value is -2.56. The lowest BCUT2D eigenvalue weighted by Gasteiger charge is -2.05. The molecule has 2 rings (SSSR count). The van der Waals surface area contributed by atoms with Crippen molar-refractivity contribution in [3.8, 4) is 5.75 Å². The lowest BCUT2D eigenvalue weighted by atomic mass is 10.2. The van der Waals surface area contributed by atoms with Crippen LogP contribution in [0.4, 0.5) is 0 Å². The summed E-state index contributed by atoms with van der Waals surface area (Å²) in [7, 11) is 1.39. The number of rotatable bonds is 4. The van der Waals surface area contributed by atoms with Gasteiger partial charge in [0.2, 0.25) is 5.43 Å².